The Hall–Kier alpha value is -2.79. The Balaban J connectivity index is 2.28. The van der Waals surface area contributed by atoms with Crippen LogP contribution in [-0.2, 0) is 4.57 Å². The minimum Gasteiger partial charge on any atom is -0.496 e. The van der Waals surface area contributed by atoms with E-state index in [0.29, 0.717) is 12.8 Å². The van der Waals surface area contributed by atoms with Crippen molar-refractivity contribution in [3.63, 3.8) is 0 Å². The molecule has 1 unspecified atom stereocenters. The van der Waals surface area contributed by atoms with Gasteiger partial charge in [-0.3, -0.25) is 9.59 Å². The van der Waals surface area contributed by atoms with Gasteiger partial charge in [0.05, 0.1) is 28.4 Å². The summed E-state index contributed by atoms with van der Waals surface area (Å²) in [6.45, 7) is 1.84. The molecule has 0 aliphatic heterocycles. The maximum atomic E-state index is 14.8. The number of hydrogen-bond donors (Lipinski definition) is 0. The van der Waals surface area contributed by atoms with Gasteiger partial charge in [-0.1, -0.05) is 25.3 Å². The van der Waals surface area contributed by atoms with Gasteiger partial charge in [-0.25, -0.2) is 0 Å². The fraction of sp³-hybridized carbons (Fsp3) is 0.440. The Morgan fingerprint density at radius 3 is 1.61 bits per heavy atom. The molecule has 0 amide bonds. The molecule has 8 heteroatoms. The van der Waals surface area contributed by atoms with Gasteiger partial charge in [0.25, 0.3) is 0 Å². The van der Waals surface area contributed by atoms with E-state index in [2.05, 4.69) is 0 Å². The summed E-state index contributed by atoms with van der Waals surface area (Å²) in [6, 6.07) is 8.22. The molecule has 0 radical (unpaired) electrons. The van der Waals surface area contributed by atoms with Gasteiger partial charge in [0.15, 0.2) is 0 Å². The molecule has 7 nitrogen and oxygen atoms in total. The van der Waals surface area contributed by atoms with E-state index in [1.165, 1.54) is 28.4 Å². The first kappa shape index (κ1) is 24.8. The van der Waals surface area contributed by atoms with Crippen LogP contribution in [0.5, 0.6) is 23.0 Å². The number of methoxy groups -OCH3 is 4. The normalized spacial score (nSPS) is 15.9. The molecule has 1 fully saturated rings. The molecular formula is C25H31O7P. The lowest BCUT2D eigenvalue weighted by Gasteiger charge is -2.30. The number of ether oxygens (including phenoxy) is 4. The number of aryl methyl sites for hydroxylation is 1. The van der Waals surface area contributed by atoms with Crippen LogP contribution in [0.25, 0.3) is 0 Å². The van der Waals surface area contributed by atoms with Gasteiger partial charge >= 0.3 is 0 Å². The first-order valence-electron chi connectivity index (χ1n) is 11.0. The predicted octanol–water partition coefficient (Wildman–Crippen LogP) is 5.71. The average molecular weight is 474 g/mol. The van der Waals surface area contributed by atoms with Crippen molar-refractivity contribution in [1.82, 2.24) is 0 Å². The number of carbonyl (C=O) groups is 2. The van der Waals surface area contributed by atoms with Crippen molar-refractivity contribution in [2.24, 2.45) is 0 Å². The summed E-state index contributed by atoms with van der Waals surface area (Å²) < 4.78 is 36.5. The van der Waals surface area contributed by atoms with Crippen molar-refractivity contribution >= 4 is 18.2 Å². The van der Waals surface area contributed by atoms with Crippen LogP contribution in [0.15, 0.2) is 30.3 Å². The fourth-order valence-corrected chi connectivity index (χ4v) is 7.56. The Bertz CT molecular complexity index is 1040. The van der Waals surface area contributed by atoms with E-state index in [9.17, 15) is 14.2 Å². The molecular weight excluding hydrogens is 443 g/mol. The molecule has 0 aromatic heterocycles. The molecule has 0 N–H and O–H groups in total. The topological polar surface area (TPSA) is 88.1 Å². The Morgan fingerprint density at radius 1 is 0.758 bits per heavy atom. The Morgan fingerprint density at radius 2 is 1.18 bits per heavy atom. The summed E-state index contributed by atoms with van der Waals surface area (Å²) in [4.78, 5) is 28.2. The standard InChI is InChI=1S/C25H31O7P/c1-16-14-20(31-4)23(21(15-16)32-5)25(27)33(28,17-10-7-6-8-11-17)24(26)22-18(29-2)12-9-13-19(22)30-3/h9,12-15,17H,6-8,10-11H2,1-5H3. The van der Waals surface area contributed by atoms with Crippen molar-refractivity contribution in [3.8, 4) is 23.0 Å². The molecule has 0 saturated heterocycles. The second kappa shape index (κ2) is 10.4. The van der Waals surface area contributed by atoms with Crippen molar-refractivity contribution in [2.45, 2.75) is 44.7 Å². The fourth-order valence-electron chi connectivity index (χ4n) is 4.52. The van der Waals surface area contributed by atoms with E-state index in [-0.39, 0.29) is 34.1 Å². The van der Waals surface area contributed by atoms with Gasteiger partial charge in [0.1, 0.15) is 34.1 Å². The lowest BCUT2D eigenvalue weighted by molar-refractivity contribution is 0.102. The molecule has 1 aliphatic rings. The number of hydrogen-bond acceptors (Lipinski definition) is 7. The molecule has 1 atom stereocenters. The third-order valence-electron chi connectivity index (χ3n) is 6.20. The van der Waals surface area contributed by atoms with E-state index in [4.69, 9.17) is 18.9 Å². The van der Waals surface area contributed by atoms with E-state index in [1.807, 2.05) is 6.92 Å². The third-order valence-corrected chi connectivity index (χ3v) is 9.40. The summed E-state index contributed by atoms with van der Waals surface area (Å²) >= 11 is 0. The average Bonchev–Trinajstić information content (AvgIpc) is 2.86. The molecule has 33 heavy (non-hydrogen) atoms. The van der Waals surface area contributed by atoms with Gasteiger partial charge in [-0.05, 0) is 49.6 Å². The molecule has 0 bridgehead atoms. The quantitative estimate of drug-likeness (QED) is 0.430. The Labute approximate surface area is 194 Å². The number of rotatable bonds is 9. The molecule has 2 aromatic carbocycles. The molecule has 0 heterocycles. The van der Waals surface area contributed by atoms with Gasteiger partial charge < -0.3 is 23.5 Å². The first-order valence-corrected chi connectivity index (χ1v) is 12.7. The molecule has 0 spiro atoms. The zero-order valence-electron chi connectivity index (χ0n) is 19.8. The molecule has 178 valence electrons. The van der Waals surface area contributed by atoms with Crippen molar-refractivity contribution in [3.05, 3.63) is 47.0 Å². The van der Waals surface area contributed by atoms with E-state index in [1.54, 1.807) is 30.3 Å². The van der Waals surface area contributed by atoms with Gasteiger partial charge in [0, 0.05) is 5.66 Å². The summed E-state index contributed by atoms with van der Waals surface area (Å²) in [6.07, 6.45) is 3.65. The van der Waals surface area contributed by atoms with Crippen LogP contribution in [0.1, 0.15) is 58.4 Å². The highest BCUT2D eigenvalue weighted by molar-refractivity contribution is 7.96. The minimum atomic E-state index is -4.19. The largest absolute Gasteiger partial charge is 0.496 e. The zero-order chi connectivity index (χ0) is 24.2. The van der Waals surface area contributed by atoms with Crippen LogP contribution >= 0.6 is 7.14 Å². The van der Waals surface area contributed by atoms with Gasteiger partial charge in [-0.2, -0.15) is 0 Å². The van der Waals surface area contributed by atoms with Crippen LogP contribution in [0.3, 0.4) is 0 Å². The third kappa shape index (κ3) is 4.51. The summed E-state index contributed by atoms with van der Waals surface area (Å²) in [5.41, 5.74) is -1.21. The maximum absolute atomic E-state index is 14.8. The Kier molecular flexibility index (Phi) is 7.85. The van der Waals surface area contributed by atoms with E-state index < -0.39 is 23.8 Å². The number of carbonyl (C=O) groups excluding carboxylic acids is 2. The lowest BCUT2D eigenvalue weighted by atomic mass is 10.0. The zero-order valence-corrected chi connectivity index (χ0v) is 20.7. The molecule has 3 rings (SSSR count). The highest BCUT2D eigenvalue weighted by atomic mass is 31.2. The predicted molar refractivity (Wildman–Crippen MR) is 127 cm³/mol. The lowest BCUT2D eigenvalue weighted by Crippen LogP contribution is -2.25. The first-order chi connectivity index (χ1) is 15.8. The molecule has 1 saturated carbocycles. The highest BCUT2D eigenvalue weighted by Crippen LogP contribution is 2.63. The summed E-state index contributed by atoms with van der Waals surface area (Å²) in [7, 11) is 1.51. The van der Waals surface area contributed by atoms with Crippen LogP contribution < -0.4 is 18.9 Å². The highest BCUT2D eigenvalue weighted by Gasteiger charge is 2.50. The van der Waals surface area contributed by atoms with E-state index in [0.717, 1.165) is 24.8 Å². The maximum Gasteiger partial charge on any atom is 0.236 e. The van der Waals surface area contributed by atoms with Crippen LogP contribution in [0, 0.1) is 6.92 Å². The second-order valence-corrected chi connectivity index (χ2v) is 11.0. The number of benzene rings is 2. The van der Waals surface area contributed by atoms with Crippen molar-refractivity contribution in [2.75, 3.05) is 28.4 Å². The van der Waals surface area contributed by atoms with Gasteiger partial charge in [0.2, 0.25) is 18.2 Å². The van der Waals surface area contributed by atoms with Crippen LogP contribution in [-0.4, -0.2) is 45.1 Å². The molecule has 2 aromatic rings. The van der Waals surface area contributed by atoms with Gasteiger partial charge in [-0.15, -0.1) is 0 Å². The van der Waals surface area contributed by atoms with Crippen LogP contribution in [0.2, 0.25) is 0 Å². The van der Waals surface area contributed by atoms with Crippen LogP contribution in [0.4, 0.5) is 0 Å². The monoisotopic (exact) mass is 474 g/mol. The van der Waals surface area contributed by atoms with E-state index >= 15 is 0 Å². The van der Waals surface area contributed by atoms with Crippen molar-refractivity contribution in [1.29, 1.82) is 0 Å². The smallest absolute Gasteiger partial charge is 0.236 e. The van der Waals surface area contributed by atoms with Crippen molar-refractivity contribution < 1.29 is 33.1 Å². The summed E-state index contributed by atoms with van der Waals surface area (Å²) in [5.74, 6) is 0.886. The minimum absolute atomic E-state index is 0.0230. The SMILES string of the molecule is COc1cccc(OC)c1C(=O)P(=O)(C(=O)c1c(OC)cc(C)cc1OC)C1CCCCC1. The molecule has 1 aliphatic carbocycles. The second-order valence-electron chi connectivity index (χ2n) is 8.14. The summed E-state index contributed by atoms with van der Waals surface area (Å²) in [5, 5.41) is 0.